The molecule has 3 aromatic carbocycles. The Morgan fingerprint density at radius 2 is 1.79 bits per heavy atom. The largest absolute Gasteiger partial charge is 0.497 e. The molecule has 0 aliphatic rings. The van der Waals surface area contributed by atoms with Gasteiger partial charge in [0.1, 0.15) is 11.4 Å². The summed E-state index contributed by atoms with van der Waals surface area (Å²) in [7, 11) is 1.63. The second kappa shape index (κ2) is 18.5. The second-order valence-corrected chi connectivity index (χ2v) is 15.0. The summed E-state index contributed by atoms with van der Waals surface area (Å²) >= 11 is -0.153. The highest BCUT2D eigenvalue weighted by molar-refractivity contribution is 8.00. The van der Waals surface area contributed by atoms with Crippen LogP contribution in [0.3, 0.4) is 0 Å². The molecule has 0 fully saturated rings. The first-order valence-corrected chi connectivity index (χ1v) is 19.3. The monoisotopic (exact) mass is 801 g/mol. The molecule has 3 aromatic heterocycles. The van der Waals surface area contributed by atoms with E-state index in [0.717, 1.165) is 41.0 Å². The number of ether oxygens (including phenoxy) is 1. The summed E-state index contributed by atoms with van der Waals surface area (Å²) in [6.45, 7) is 3.56. The highest BCUT2D eigenvalue weighted by atomic mass is 32.2. The number of hydrogen-bond donors (Lipinski definition) is 5. The third kappa shape index (κ3) is 11.7. The number of halogens is 3. The van der Waals surface area contributed by atoms with Gasteiger partial charge in [-0.25, -0.2) is 9.48 Å². The van der Waals surface area contributed by atoms with E-state index in [9.17, 15) is 18.0 Å². The van der Waals surface area contributed by atoms with E-state index < -0.39 is 11.2 Å². The molecule has 0 aliphatic carbocycles. The molecule has 0 saturated carbocycles. The molecule has 8 N–H and O–H groups in total. The Morgan fingerprint density at radius 3 is 2.49 bits per heavy atom. The smallest absolute Gasteiger partial charge is 0.446 e. The van der Waals surface area contributed by atoms with Crippen LogP contribution in [0.1, 0.15) is 54.6 Å². The Kier molecular flexibility index (Phi) is 13.3. The van der Waals surface area contributed by atoms with Crippen molar-refractivity contribution in [1.82, 2.24) is 34.8 Å². The fourth-order valence-electron chi connectivity index (χ4n) is 6.49. The molecule has 6 aromatic rings. The maximum absolute atomic E-state index is 13.4. The molecule has 2 atom stereocenters. The van der Waals surface area contributed by atoms with E-state index in [-0.39, 0.29) is 34.7 Å². The Balaban J connectivity index is 1.22. The average Bonchev–Trinajstić information content (AvgIpc) is 3.79. The molecule has 0 amide bonds. The number of methoxy groups -OCH3 is 1. The van der Waals surface area contributed by atoms with E-state index in [2.05, 4.69) is 30.6 Å². The molecule has 6 rings (SSSR count). The zero-order chi connectivity index (χ0) is 40.5. The van der Waals surface area contributed by atoms with Crippen LogP contribution in [0.15, 0.2) is 99.9 Å². The van der Waals surface area contributed by atoms with Crippen LogP contribution in [0.2, 0.25) is 0 Å². The molecule has 0 bridgehead atoms. The minimum atomic E-state index is -4.44. The predicted octanol–water partition coefficient (Wildman–Crippen LogP) is 5.85. The minimum Gasteiger partial charge on any atom is -0.497 e. The number of alkyl halides is 3. The van der Waals surface area contributed by atoms with Crippen LogP contribution in [0, 0.1) is 0 Å². The average molecular weight is 802 g/mol. The fraction of sp³-hybridized carbons (Fsp3) is 0.325. The van der Waals surface area contributed by atoms with E-state index in [1.54, 1.807) is 30.1 Å². The zero-order valence-electron chi connectivity index (χ0n) is 31.7. The van der Waals surface area contributed by atoms with Gasteiger partial charge in [0, 0.05) is 53.4 Å². The third-order valence-corrected chi connectivity index (χ3v) is 9.94. The maximum Gasteiger partial charge on any atom is 0.446 e. The van der Waals surface area contributed by atoms with Crippen molar-refractivity contribution < 1.29 is 17.9 Å². The van der Waals surface area contributed by atoms with Gasteiger partial charge in [-0.2, -0.15) is 18.2 Å². The number of nitrogens with one attached hydrogen (secondary N) is 2. The van der Waals surface area contributed by atoms with Gasteiger partial charge in [0.2, 0.25) is 0 Å². The summed E-state index contributed by atoms with van der Waals surface area (Å²) in [5.74, 6) is 0.823. The number of guanidine groups is 1. The van der Waals surface area contributed by atoms with Crippen LogP contribution in [-0.4, -0.2) is 67.2 Å². The maximum atomic E-state index is 13.4. The Morgan fingerprint density at radius 1 is 1.02 bits per heavy atom. The van der Waals surface area contributed by atoms with Gasteiger partial charge in [0.05, 0.1) is 25.0 Å². The molecule has 0 saturated heterocycles. The summed E-state index contributed by atoms with van der Waals surface area (Å²) in [6.07, 6.45) is 6.93. The van der Waals surface area contributed by atoms with Crippen LogP contribution >= 0.6 is 11.8 Å². The number of nitrogens with two attached hydrogens (primary N) is 3. The van der Waals surface area contributed by atoms with Crippen molar-refractivity contribution in [2.24, 2.45) is 22.2 Å². The lowest BCUT2D eigenvalue weighted by Gasteiger charge is -2.19. The topological polar surface area (TPSA) is 193 Å². The van der Waals surface area contributed by atoms with E-state index in [1.807, 2.05) is 67.7 Å². The quantitative estimate of drug-likeness (QED) is 0.0305. The number of fused-ring (bicyclic) bond motifs is 1. The van der Waals surface area contributed by atoms with Crippen molar-refractivity contribution in [2.75, 3.05) is 20.2 Å². The fourth-order valence-corrected chi connectivity index (χ4v) is 7.15. The van der Waals surface area contributed by atoms with Crippen molar-refractivity contribution in [3.05, 3.63) is 118 Å². The molecule has 3 heterocycles. The summed E-state index contributed by atoms with van der Waals surface area (Å²) in [4.78, 5) is 24.9. The Labute approximate surface area is 331 Å². The minimum absolute atomic E-state index is 0.00254. The van der Waals surface area contributed by atoms with Crippen molar-refractivity contribution in [3.8, 4) is 22.7 Å². The first kappa shape index (κ1) is 41.0. The van der Waals surface area contributed by atoms with Crippen LogP contribution in [-0.2, 0) is 19.4 Å². The number of aryl methyl sites for hydroxylation is 1. The van der Waals surface area contributed by atoms with Gasteiger partial charge in [-0.3, -0.25) is 9.56 Å². The molecule has 0 radical (unpaired) electrons. The van der Waals surface area contributed by atoms with Crippen molar-refractivity contribution >= 4 is 28.8 Å². The number of thioether (sulfide) groups is 1. The van der Waals surface area contributed by atoms with Gasteiger partial charge in [0.15, 0.2) is 5.96 Å². The molecule has 13 nitrogen and oxygen atoms in total. The Bertz CT molecular complexity index is 2330. The van der Waals surface area contributed by atoms with E-state index in [4.69, 9.17) is 21.9 Å². The van der Waals surface area contributed by atoms with Crippen molar-refractivity contribution in [3.63, 3.8) is 0 Å². The molecule has 57 heavy (non-hydrogen) atoms. The lowest BCUT2D eigenvalue weighted by atomic mass is 10.0. The number of hydrogen-bond acceptors (Lipinski definition) is 9. The number of nitrogens with zero attached hydrogens (tertiary/aromatic N) is 6. The zero-order valence-corrected chi connectivity index (χ0v) is 32.5. The first-order valence-electron chi connectivity index (χ1n) is 18.5. The van der Waals surface area contributed by atoms with Gasteiger partial charge in [-0.15, -0.1) is 5.10 Å². The van der Waals surface area contributed by atoms with Gasteiger partial charge in [0.25, 0.3) is 0 Å². The second-order valence-electron chi connectivity index (χ2n) is 13.9. The van der Waals surface area contributed by atoms with Crippen molar-refractivity contribution in [2.45, 2.75) is 68.1 Å². The molecule has 17 heteroatoms. The number of aliphatic imine (C=N–C) groups is 1. The summed E-state index contributed by atoms with van der Waals surface area (Å²) < 4.78 is 48.7. The molecule has 0 spiro atoms. The number of H-pyrrole nitrogens is 1. The normalized spacial score (nSPS) is 12.8. The molecule has 0 unspecified atom stereocenters. The van der Waals surface area contributed by atoms with Crippen molar-refractivity contribution in [1.29, 1.82) is 0 Å². The lowest BCUT2D eigenvalue weighted by molar-refractivity contribution is -0.0328. The molecular weight excluding hydrogens is 756 g/mol. The van der Waals surface area contributed by atoms with Crippen LogP contribution in [0.25, 0.3) is 28.0 Å². The highest BCUT2D eigenvalue weighted by Crippen LogP contribution is 2.39. The molecule has 300 valence electrons. The van der Waals surface area contributed by atoms with E-state index in [1.165, 1.54) is 10.6 Å². The van der Waals surface area contributed by atoms with Crippen LogP contribution in [0.5, 0.6) is 5.75 Å². The lowest BCUT2D eigenvalue weighted by Crippen LogP contribution is -2.26. The number of aromatic nitrogens is 6. The summed E-state index contributed by atoms with van der Waals surface area (Å²) in [5, 5.41) is 13.0. The molecule has 0 aliphatic heterocycles. The van der Waals surface area contributed by atoms with Gasteiger partial charge < -0.3 is 32.2 Å². The number of rotatable bonds is 18. The Hall–Kier alpha value is -5.65. The highest BCUT2D eigenvalue weighted by Gasteiger charge is 2.29. The summed E-state index contributed by atoms with van der Waals surface area (Å²) in [5.41, 5.74) is 17.6. The SMILES string of the molecule is COc1ccc(Cn2cc(C[C@H](NCCCN=C(N)N)c3ccc(-n4cc5cc(-c6cc(CCC[C@H](C)N)cc(SC(F)(F)F)c6)[nH]c5nc4=O)cc3)nn2)cc1. The standard InChI is InChI=1S/C40H46F3N11O2S/c1-25(44)5-3-6-27-17-29(19-34(18-27)57-40(41,42)43)36-20-30-23-54(39(55)50-37(30)49-36)32-11-9-28(10-12-32)35(47-15-4-16-48-38(45)46)21-31-24-53(52-51-31)22-26-7-13-33(56-2)14-8-26/h7-14,17-20,23-25,35,47H,3-6,15-16,21-22,44H2,1-2H3,(H4,45,46,48)(H,49,50,55)/t25-,35-/m0/s1. The predicted molar refractivity (Wildman–Crippen MR) is 217 cm³/mol. The summed E-state index contributed by atoms with van der Waals surface area (Å²) in [6, 6.07) is 21.9. The van der Waals surface area contributed by atoms with Crippen LogP contribution in [0.4, 0.5) is 13.2 Å². The third-order valence-electron chi connectivity index (χ3n) is 9.24. The number of benzene rings is 3. The van der Waals surface area contributed by atoms with Gasteiger partial charge >= 0.3 is 11.2 Å². The van der Waals surface area contributed by atoms with Crippen LogP contribution < -0.4 is 32.9 Å². The van der Waals surface area contributed by atoms with E-state index >= 15 is 0 Å². The molecular formula is C40H46F3N11O2S. The number of aromatic amines is 1. The van der Waals surface area contributed by atoms with Gasteiger partial charge in [-0.1, -0.05) is 29.5 Å². The first-order chi connectivity index (χ1) is 27.3. The van der Waals surface area contributed by atoms with Gasteiger partial charge in [-0.05, 0) is 122 Å². The van der Waals surface area contributed by atoms with E-state index in [0.29, 0.717) is 66.9 Å².